The minimum atomic E-state index is -0.474. The van der Waals surface area contributed by atoms with Gasteiger partial charge in [0.1, 0.15) is 0 Å². The Kier molecular flexibility index (Phi) is 3.13. The van der Waals surface area contributed by atoms with Gasteiger partial charge in [-0.2, -0.15) is 0 Å². The molecule has 0 N–H and O–H groups in total. The summed E-state index contributed by atoms with van der Waals surface area (Å²) in [5.74, 6) is -1.15. The van der Waals surface area contributed by atoms with E-state index in [2.05, 4.69) is 0 Å². The van der Waals surface area contributed by atoms with Crippen LogP contribution in [-0.2, 0) is 13.0 Å². The molecule has 0 fully saturated rings. The lowest BCUT2D eigenvalue weighted by Crippen LogP contribution is -2.38. The number of rotatable bonds is 1. The number of Topliss-reactive ketones (excluding diaryl/α,β-unsaturated/α-hetero) is 1. The van der Waals surface area contributed by atoms with Crippen LogP contribution < -0.4 is 5.56 Å². The van der Waals surface area contributed by atoms with E-state index in [1.165, 1.54) is 11.5 Å². The number of aromatic nitrogens is 1. The summed E-state index contributed by atoms with van der Waals surface area (Å²) in [6.07, 6.45) is 2.24. The molecule has 5 heteroatoms. The second-order valence-electron chi connectivity index (χ2n) is 6.25. The number of carbonyl (C=O) groups is 3. The zero-order valence-electron chi connectivity index (χ0n) is 13.2. The Labute approximate surface area is 137 Å². The third kappa shape index (κ3) is 1.81. The van der Waals surface area contributed by atoms with Gasteiger partial charge in [-0.05, 0) is 26.2 Å². The predicted octanol–water partition coefficient (Wildman–Crippen LogP) is 2.16. The first-order valence-electron chi connectivity index (χ1n) is 8.01. The maximum atomic E-state index is 13.0. The van der Waals surface area contributed by atoms with Crippen LogP contribution in [-0.4, -0.2) is 21.9 Å². The molecule has 1 aromatic heterocycles. The highest BCUT2D eigenvalue weighted by Crippen LogP contribution is 2.32. The van der Waals surface area contributed by atoms with Crippen molar-refractivity contribution in [1.29, 1.82) is 0 Å². The normalized spacial score (nSPS) is 15.5. The van der Waals surface area contributed by atoms with Crippen LogP contribution >= 0.6 is 0 Å². The summed E-state index contributed by atoms with van der Waals surface area (Å²) < 4.78 is 1.51. The average Bonchev–Trinajstić information content (AvgIpc) is 2.59. The van der Waals surface area contributed by atoms with E-state index in [9.17, 15) is 19.2 Å². The third-order valence-electron chi connectivity index (χ3n) is 4.84. The minimum Gasteiger partial charge on any atom is -0.311 e. The molecule has 2 heterocycles. The van der Waals surface area contributed by atoms with Crippen LogP contribution in [0.5, 0.6) is 0 Å². The molecule has 0 saturated heterocycles. The highest BCUT2D eigenvalue weighted by atomic mass is 16.2. The Bertz CT molecular complexity index is 997. The van der Waals surface area contributed by atoms with Gasteiger partial charge >= 0.3 is 0 Å². The molecule has 0 unspecified atom stereocenters. The van der Waals surface area contributed by atoms with Gasteiger partial charge in [-0.1, -0.05) is 24.3 Å². The number of hydrogen-bond donors (Lipinski definition) is 0. The van der Waals surface area contributed by atoms with E-state index < -0.39 is 17.1 Å². The van der Waals surface area contributed by atoms with Crippen molar-refractivity contribution in [2.75, 3.05) is 0 Å². The van der Waals surface area contributed by atoms with Crippen molar-refractivity contribution in [2.45, 2.75) is 32.7 Å². The Hall–Kier alpha value is -2.82. The maximum absolute atomic E-state index is 13.0. The van der Waals surface area contributed by atoms with Crippen LogP contribution in [0.15, 0.2) is 29.1 Å². The molecule has 2 aromatic rings. The number of ketones is 3. The van der Waals surface area contributed by atoms with Crippen molar-refractivity contribution in [3.05, 3.63) is 68.1 Å². The fourth-order valence-corrected chi connectivity index (χ4v) is 3.77. The van der Waals surface area contributed by atoms with Gasteiger partial charge in [0.25, 0.3) is 5.56 Å². The lowest BCUT2D eigenvalue weighted by molar-refractivity contribution is 0.0963. The molecule has 0 bridgehead atoms. The molecule has 0 amide bonds. The molecule has 5 nitrogen and oxygen atoms in total. The molecule has 0 atom stereocenters. The largest absolute Gasteiger partial charge is 0.311 e. The zero-order valence-corrected chi connectivity index (χ0v) is 13.2. The summed E-state index contributed by atoms with van der Waals surface area (Å²) in [5.41, 5.74) is 0.862. The van der Waals surface area contributed by atoms with Crippen molar-refractivity contribution in [2.24, 2.45) is 0 Å². The van der Waals surface area contributed by atoms with Crippen molar-refractivity contribution in [1.82, 2.24) is 4.57 Å². The number of fused-ring (bicyclic) bond motifs is 4. The van der Waals surface area contributed by atoms with E-state index in [1.54, 1.807) is 24.3 Å². The summed E-state index contributed by atoms with van der Waals surface area (Å²) in [5, 5.41) is 0. The Morgan fingerprint density at radius 1 is 0.958 bits per heavy atom. The van der Waals surface area contributed by atoms with Crippen molar-refractivity contribution >= 4 is 17.3 Å². The molecule has 1 aliphatic heterocycles. The highest BCUT2D eigenvalue weighted by Gasteiger charge is 2.37. The van der Waals surface area contributed by atoms with E-state index in [1.807, 2.05) is 0 Å². The molecule has 0 saturated carbocycles. The standard InChI is InChI=1S/C19H15NO4/c1-10(21)14-16-15(13-8-4-5-9-20(13)19(14)24)17(22)11-6-2-3-7-12(11)18(16)23/h2-3,6-7H,4-5,8-9H2,1H3. The van der Waals surface area contributed by atoms with E-state index in [4.69, 9.17) is 0 Å². The van der Waals surface area contributed by atoms with Gasteiger partial charge in [0, 0.05) is 23.4 Å². The Morgan fingerprint density at radius 3 is 2.21 bits per heavy atom. The number of pyridine rings is 1. The van der Waals surface area contributed by atoms with Crippen LogP contribution in [0.4, 0.5) is 0 Å². The quantitative estimate of drug-likeness (QED) is 0.644. The topological polar surface area (TPSA) is 73.2 Å². The molecular weight excluding hydrogens is 306 g/mol. The van der Waals surface area contributed by atoms with Crippen molar-refractivity contribution in [3.63, 3.8) is 0 Å². The Morgan fingerprint density at radius 2 is 1.58 bits per heavy atom. The molecule has 4 rings (SSSR count). The number of carbonyl (C=O) groups excluding carboxylic acids is 3. The second-order valence-corrected chi connectivity index (χ2v) is 6.25. The van der Waals surface area contributed by atoms with Gasteiger partial charge in [0.2, 0.25) is 0 Å². The minimum absolute atomic E-state index is 0.00403. The van der Waals surface area contributed by atoms with Crippen LogP contribution in [0, 0.1) is 0 Å². The van der Waals surface area contributed by atoms with Gasteiger partial charge < -0.3 is 4.57 Å². The monoisotopic (exact) mass is 321 g/mol. The number of hydrogen-bond acceptors (Lipinski definition) is 4. The molecule has 24 heavy (non-hydrogen) atoms. The first kappa shape index (κ1) is 14.8. The summed E-state index contributed by atoms with van der Waals surface area (Å²) >= 11 is 0. The van der Waals surface area contributed by atoms with E-state index in [0.29, 0.717) is 24.2 Å². The predicted molar refractivity (Wildman–Crippen MR) is 87.0 cm³/mol. The number of nitrogens with zero attached hydrogens (tertiary/aromatic N) is 1. The highest BCUT2D eigenvalue weighted by molar-refractivity contribution is 6.31. The molecule has 0 radical (unpaired) electrons. The Balaban J connectivity index is 2.17. The first-order valence-corrected chi connectivity index (χ1v) is 8.01. The molecule has 0 spiro atoms. The molecule has 1 aromatic carbocycles. The fraction of sp³-hybridized carbons (Fsp3) is 0.263. The van der Waals surface area contributed by atoms with Crippen LogP contribution in [0.3, 0.4) is 0 Å². The fourth-order valence-electron chi connectivity index (χ4n) is 3.77. The smallest absolute Gasteiger partial charge is 0.262 e. The van der Waals surface area contributed by atoms with E-state index in [0.717, 1.165) is 12.8 Å². The molecule has 1 aliphatic carbocycles. The van der Waals surface area contributed by atoms with Crippen molar-refractivity contribution in [3.8, 4) is 0 Å². The first-order chi connectivity index (χ1) is 11.5. The van der Waals surface area contributed by atoms with Crippen LogP contribution in [0.1, 0.15) is 67.7 Å². The van der Waals surface area contributed by atoms with Gasteiger partial charge in [-0.15, -0.1) is 0 Å². The number of benzene rings is 1. The van der Waals surface area contributed by atoms with E-state index >= 15 is 0 Å². The van der Waals surface area contributed by atoms with Crippen LogP contribution in [0.25, 0.3) is 0 Å². The lowest BCUT2D eigenvalue weighted by Gasteiger charge is -2.27. The van der Waals surface area contributed by atoms with Crippen molar-refractivity contribution < 1.29 is 14.4 Å². The van der Waals surface area contributed by atoms with Gasteiger partial charge in [0.15, 0.2) is 17.3 Å². The van der Waals surface area contributed by atoms with Crippen LogP contribution in [0.2, 0.25) is 0 Å². The summed E-state index contributed by atoms with van der Waals surface area (Å²) in [6.45, 7) is 1.75. The van der Waals surface area contributed by atoms with Gasteiger partial charge in [-0.3, -0.25) is 19.2 Å². The van der Waals surface area contributed by atoms with Gasteiger partial charge in [-0.25, -0.2) is 0 Å². The molecule has 2 aliphatic rings. The third-order valence-corrected chi connectivity index (χ3v) is 4.84. The summed E-state index contributed by atoms with van der Waals surface area (Å²) in [6, 6.07) is 6.58. The zero-order chi connectivity index (χ0) is 17.0. The van der Waals surface area contributed by atoms with Gasteiger partial charge in [0.05, 0.1) is 16.7 Å². The second kappa shape index (κ2) is 5.09. The summed E-state index contributed by atoms with van der Waals surface area (Å²) in [4.78, 5) is 50.9. The maximum Gasteiger partial charge on any atom is 0.262 e. The lowest BCUT2D eigenvalue weighted by atomic mass is 9.79. The average molecular weight is 321 g/mol. The molecule has 120 valence electrons. The summed E-state index contributed by atoms with van der Waals surface area (Å²) in [7, 11) is 0. The molecular formula is C19H15NO4. The van der Waals surface area contributed by atoms with E-state index in [-0.39, 0.29) is 28.0 Å². The SMILES string of the molecule is CC(=O)c1c2c(c3n(c1=O)CCCC3)C(=O)c1ccccc1C2=O.